The van der Waals surface area contributed by atoms with Crippen molar-refractivity contribution in [3.8, 4) is 0 Å². The summed E-state index contributed by atoms with van der Waals surface area (Å²) in [6.07, 6.45) is -0.0792. The summed E-state index contributed by atoms with van der Waals surface area (Å²) in [6, 6.07) is 4.81. The summed E-state index contributed by atoms with van der Waals surface area (Å²) >= 11 is 0. The summed E-state index contributed by atoms with van der Waals surface area (Å²) in [4.78, 5) is 24.0. The Morgan fingerprint density at radius 1 is 1.41 bits per heavy atom. The lowest BCUT2D eigenvalue weighted by Gasteiger charge is -2.14. The number of halogens is 1. The molecule has 2 unspecified atom stereocenters. The van der Waals surface area contributed by atoms with E-state index in [1.54, 1.807) is 18.2 Å². The van der Waals surface area contributed by atoms with Crippen molar-refractivity contribution in [2.24, 2.45) is 0 Å². The van der Waals surface area contributed by atoms with E-state index in [9.17, 15) is 14.7 Å². The lowest BCUT2D eigenvalue weighted by atomic mass is 10.1. The standard InChI is InChI=1S/C15H21N3O3.ClH/c1-3-16-14(20)10-5-4-9(2)12(6-10)18-15(21)13-7-11(19)8-17-13;/h4-6,11,13,17,19H,3,7-8H2,1-2H3,(H,16,20)(H,18,21);1H. The van der Waals surface area contributed by atoms with Crippen molar-refractivity contribution in [1.82, 2.24) is 10.6 Å². The van der Waals surface area contributed by atoms with Gasteiger partial charge in [0.25, 0.3) is 5.91 Å². The predicted octanol–water partition coefficient (Wildman–Crippen LogP) is 0.828. The molecule has 7 heteroatoms. The summed E-state index contributed by atoms with van der Waals surface area (Å²) in [5.74, 6) is -0.356. The summed E-state index contributed by atoms with van der Waals surface area (Å²) in [7, 11) is 0. The molecule has 1 fully saturated rings. The maximum absolute atomic E-state index is 12.1. The molecular formula is C15H22ClN3O3. The van der Waals surface area contributed by atoms with Gasteiger partial charge in [0.2, 0.25) is 5.91 Å². The van der Waals surface area contributed by atoms with Gasteiger partial charge in [0.1, 0.15) is 0 Å². The van der Waals surface area contributed by atoms with Gasteiger partial charge in [-0.25, -0.2) is 0 Å². The van der Waals surface area contributed by atoms with Gasteiger partial charge in [-0.15, -0.1) is 12.4 Å². The van der Waals surface area contributed by atoms with E-state index in [4.69, 9.17) is 0 Å². The first-order valence-corrected chi connectivity index (χ1v) is 7.12. The van der Waals surface area contributed by atoms with Crippen LogP contribution in [0.5, 0.6) is 0 Å². The van der Waals surface area contributed by atoms with Crippen LogP contribution in [0.3, 0.4) is 0 Å². The Labute approximate surface area is 136 Å². The third kappa shape index (κ3) is 4.43. The highest BCUT2D eigenvalue weighted by molar-refractivity contribution is 5.99. The number of carbonyl (C=O) groups is 2. The maximum atomic E-state index is 12.1. The highest BCUT2D eigenvalue weighted by Crippen LogP contribution is 2.18. The van der Waals surface area contributed by atoms with Crippen LogP contribution in [0.1, 0.15) is 29.3 Å². The van der Waals surface area contributed by atoms with Crippen molar-refractivity contribution in [2.45, 2.75) is 32.4 Å². The van der Waals surface area contributed by atoms with Crippen molar-refractivity contribution < 1.29 is 14.7 Å². The molecule has 2 amide bonds. The third-order valence-electron chi connectivity index (χ3n) is 3.52. The number of hydrogen-bond acceptors (Lipinski definition) is 4. The molecular weight excluding hydrogens is 306 g/mol. The SMILES string of the molecule is CCNC(=O)c1ccc(C)c(NC(=O)C2CC(O)CN2)c1.Cl. The Hall–Kier alpha value is -1.63. The second-order valence-electron chi connectivity index (χ2n) is 5.23. The van der Waals surface area contributed by atoms with Gasteiger partial charge < -0.3 is 21.1 Å². The van der Waals surface area contributed by atoms with Crippen LogP contribution in [0.25, 0.3) is 0 Å². The van der Waals surface area contributed by atoms with Gasteiger partial charge in [-0.3, -0.25) is 9.59 Å². The number of hydrogen-bond donors (Lipinski definition) is 4. The molecule has 0 aromatic heterocycles. The normalized spacial score (nSPS) is 20.1. The van der Waals surface area contributed by atoms with Gasteiger partial charge in [0.05, 0.1) is 12.1 Å². The van der Waals surface area contributed by atoms with Crippen LogP contribution in [-0.4, -0.2) is 42.2 Å². The average Bonchev–Trinajstić information content (AvgIpc) is 2.88. The molecule has 0 aliphatic carbocycles. The first-order chi connectivity index (χ1) is 10.0. The van der Waals surface area contributed by atoms with Crippen LogP contribution < -0.4 is 16.0 Å². The van der Waals surface area contributed by atoms with Crippen LogP contribution in [0, 0.1) is 6.92 Å². The van der Waals surface area contributed by atoms with Crippen LogP contribution >= 0.6 is 12.4 Å². The van der Waals surface area contributed by atoms with E-state index in [1.165, 1.54) is 0 Å². The number of aliphatic hydroxyl groups is 1. The Morgan fingerprint density at radius 3 is 2.73 bits per heavy atom. The monoisotopic (exact) mass is 327 g/mol. The van der Waals surface area contributed by atoms with E-state index >= 15 is 0 Å². The fraction of sp³-hybridized carbons (Fsp3) is 0.467. The highest BCUT2D eigenvalue weighted by Gasteiger charge is 2.28. The van der Waals surface area contributed by atoms with Crippen LogP contribution in [-0.2, 0) is 4.79 Å². The fourth-order valence-corrected chi connectivity index (χ4v) is 2.30. The largest absolute Gasteiger partial charge is 0.392 e. The molecule has 4 N–H and O–H groups in total. The molecule has 1 heterocycles. The van der Waals surface area contributed by atoms with Crippen LogP contribution in [0.4, 0.5) is 5.69 Å². The minimum Gasteiger partial charge on any atom is -0.392 e. The molecule has 0 spiro atoms. The topological polar surface area (TPSA) is 90.5 Å². The number of rotatable bonds is 4. The van der Waals surface area contributed by atoms with E-state index < -0.39 is 12.1 Å². The Morgan fingerprint density at radius 2 is 2.14 bits per heavy atom. The van der Waals surface area contributed by atoms with Crippen LogP contribution in [0.15, 0.2) is 18.2 Å². The average molecular weight is 328 g/mol. The number of carbonyl (C=O) groups excluding carboxylic acids is 2. The Balaban J connectivity index is 0.00000242. The van der Waals surface area contributed by atoms with Gasteiger partial charge in [0, 0.05) is 24.3 Å². The zero-order valence-corrected chi connectivity index (χ0v) is 13.5. The molecule has 6 nitrogen and oxygen atoms in total. The van der Waals surface area contributed by atoms with Gasteiger partial charge >= 0.3 is 0 Å². The van der Waals surface area contributed by atoms with Gasteiger partial charge in [-0.1, -0.05) is 6.07 Å². The number of nitrogens with one attached hydrogen (secondary N) is 3. The van der Waals surface area contributed by atoms with E-state index in [2.05, 4.69) is 16.0 Å². The lowest BCUT2D eigenvalue weighted by molar-refractivity contribution is -0.117. The molecule has 122 valence electrons. The molecule has 1 saturated heterocycles. The number of amides is 2. The van der Waals surface area contributed by atoms with E-state index in [-0.39, 0.29) is 24.2 Å². The Bertz CT molecular complexity index is 551. The minimum atomic E-state index is -0.483. The second-order valence-corrected chi connectivity index (χ2v) is 5.23. The fourth-order valence-electron chi connectivity index (χ4n) is 2.30. The van der Waals surface area contributed by atoms with E-state index in [0.29, 0.717) is 30.8 Å². The van der Waals surface area contributed by atoms with Crippen molar-refractivity contribution in [3.05, 3.63) is 29.3 Å². The van der Waals surface area contributed by atoms with Crippen molar-refractivity contribution in [3.63, 3.8) is 0 Å². The smallest absolute Gasteiger partial charge is 0.251 e. The summed E-state index contributed by atoms with van der Waals surface area (Å²) in [5, 5.41) is 18.0. The van der Waals surface area contributed by atoms with E-state index in [1.807, 2.05) is 13.8 Å². The molecule has 0 bridgehead atoms. The first kappa shape index (κ1) is 18.4. The maximum Gasteiger partial charge on any atom is 0.251 e. The molecule has 0 saturated carbocycles. The summed E-state index contributed by atoms with van der Waals surface area (Å²) in [5.41, 5.74) is 2.01. The molecule has 1 aromatic carbocycles. The second kappa shape index (κ2) is 8.12. The first-order valence-electron chi connectivity index (χ1n) is 7.12. The molecule has 1 aromatic rings. The summed E-state index contributed by atoms with van der Waals surface area (Å²) < 4.78 is 0. The van der Waals surface area contributed by atoms with Gasteiger partial charge in [-0.05, 0) is 38.0 Å². The zero-order valence-electron chi connectivity index (χ0n) is 12.7. The minimum absolute atomic E-state index is 0. The lowest BCUT2D eigenvalue weighted by Crippen LogP contribution is -2.35. The van der Waals surface area contributed by atoms with Crippen molar-refractivity contribution >= 4 is 29.9 Å². The Kier molecular flexibility index (Phi) is 6.80. The molecule has 22 heavy (non-hydrogen) atoms. The predicted molar refractivity (Wildman–Crippen MR) is 87.5 cm³/mol. The number of anilines is 1. The van der Waals surface area contributed by atoms with Gasteiger partial charge in [0.15, 0.2) is 0 Å². The zero-order chi connectivity index (χ0) is 15.4. The van der Waals surface area contributed by atoms with Gasteiger partial charge in [-0.2, -0.15) is 0 Å². The number of aryl methyl sites for hydroxylation is 1. The highest BCUT2D eigenvalue weighted by atomic mass is 35.5. The molecule has 0 radical (unpaired) electrons. The molecule has 1 aliphatic rings. The summed E-state index contributed by atoms with van der Waals surface area (Å²) in [6.45, 7) is 4.70. The van der Waals surface area contributed by atoms with E-state index in [0.717, 1.165) is 5.56 Å². The van der Waals surface area contributed by atoms with Crippen LogP contribution in [0.2, 0.25) is 0 Å². The number of β-amino-alcohol motifs (C(OH)–C–C–N with tert-alkyl or cyclic N) is 1. The molecule has 1 aliphatic heterocycles. The molecule has 2 rings (SSSR count). The van der Waals surface area contributed by atoms with Crippen molar-refractivity contribution in [2.75, 3.05) is 18.4 Å². The number of benzene rings is 1. The third-order valence-corrected chi connectivity index (χ3v) is 3.52. The quantitative estimate of drug-likeness (QED) is 0.659. The molecule has 2 atom stereocenters. The van der Waals surface area contributed by atoms with Crippen molar-refractivity contribution in [1.29, 1.82) is 0 Å². The number of aliphatic hydroxyl groups excluding tert-OH is 1.